The molecule has 2 fully saturated rings. The Balaban J connectivity index is 1.61. The van der Waals surface area contributed by atoms with E-state index >= 15 is 0 Å². The zero-order chi connectivity index (χ0) is 14.4. The maximum absolute atomic E-state index is 12.1. The van der Waals surface area contributed by atoms with Gasteiger partial charge in [-0.05, 0) is 45.7 Å². The van der Waals surface area contributed by atoms with E-state index in [4.69, 9.17) is 5.73 Å². The number of rotatable bonds is 5. The van der Waals surface area contributed by atoms with Gasteiger partial charge >= 0.3 is 0 Å². The Kier molecular flexibility index (Phi) is 6.30. The van der Waals surface area contributed by atoms with Crippen molar-refractivity contribution in [1.82, 2.24) is 9.80 Å². The average molecular weight is 281 g/mol. The van der Waals surface area contributed by atoms with Crippen molar-refractivity contribution in [2.75, 3.05) is 26.7 Å². The van der Waals surface area contributed by atoms with E-state index in [0.717, 1.165) is 44.9 Å². The normalized spacial score (nSPS) is 22.4. The second-order valence-electron chi connectivity index (χ2n) is 6.59. The van der Waals surface area contributed by atoms with E-state index in [-0.39, 0.29) is 0 Å². The van der Waals surface area contributed by atoms with Crippen molar-refractivity contribution in [2.24, 2.45) is 5.73 Å². The van der Waals surface area contributed by atoms with Crippen LogP contribution in [0, 0.1) is 0 Å². The van der Waals surface area contributed by atoms with E-state index in [1.807, 2.05) is 4.90 Å². The van der Waals surface area contributed by atoms with Crippen LogP contribution in [0.5, 0.6) is 0 Å². The van der Waals surface area contributed by atoms with Gasteiger partial charge in [0.25, 0.3) is 0 Å². The fourth-order valence-electron chi connectivity index (χ4n) is 3.49. The molecule has 0 atom stereocenters. The van der Waals surface area contributed by atoms with Gasteiger partial charge in [-0.25, -0.2) is 0 Å². The fraction of sp³-hybridized carbons (Fsp3) is 0.938. The maximum Gasteiger partial charge on any atom is 0.222 e. The van der Waals surface area contributed by atoms with Crippen LogP contribution in [0.15, 0.2) is 0 Å². The molecule has 0 aromatic heterocycles. The first kappa shape index (κ1) is 15.8. The predicted octanol–water partition coefficient (Wildman–Crippen LogP) is 1.98. The zero-order valence-electron chi connectivity index (χ0n) is 13.0. The molecular weight excluding hydrogens is 250 g/mol. The van der Waals surface area contributed by atoms with Gasteiger partial charge in [-0.2, -0.15) is 0 Å². The highest BCUT2D eigenvalue weighted by Crippen LogP contribution is 2.21. The van der Waals surface area contributed by atoms with Gasteiger partial charge in [-0.3, -0.25) is 4.79 Å². The third-order valence-electron chi connectivity index (χ3n) is 4.99. The van der Waals surface area contributed by atoms with Crippen LogP contribution in [0.3, 0.4) is 0 Å². The minimum absolute atomic E-state index is 0.302. The number of nitrogens with two attached hydrogens (primary N) is 1. The van der Waals surface area contributed by atoms with Crippen LogP contribution in [0.25, 0.3) is 0 Å². The number of likely N-dealkylation sites (tertiary alicyclic amines) is 1. The topological polar surface area (TPSA) is 49.6 Å². The molecule has 0 aromatic rings. The van der Waals surface area contributed by atoms with Gasteiger partial charge in [0.2, 0.25) is 5.91 Å². The molecule has 1 saturated carbocycles. The van der Waals surface area contributed by atoms with Gasteiger partial charge in [0, 0.05) is 31.6 Å². The molecule has 0 unspecified atom stereocenters. The Bertz CT molecular complexity index is 294. The lowest BCUT2D eigenvalue weighted by molar-refractivity contribution is -0.132. The van der Waals surface area contributed by atoms with Gasteiger partial charge in [-0.1, -0.05) is 19.3 Å². The summed E-state index contributed by atoms with van der Waals surface area (Å²) in [4.78, 5) is 16.6. The number of nitrogens with zero attached hydrogens (tertiary/aromatic N) is 2. The van der Waals surface area contributed by atoms with Crippen molar-refractivity contribution in [3.05, 3.63) is 0 Å². The van der Waals surface area contributed by atoms with Crippen molar-refractivity contribution in [3.8, 4) is 0 Å². The number of hydrogen-bond donors (Lipinski definition) is 1. The van der Waals surface area contributed by atoms with Gasteiger partial charge in [-0.15, -0.1) is 0 Å². The van der Waals surface area contributed by atoms with Gasteiger partial charge < -0.3 is 15.5 Å². The lowest BCUT2D eigenvalue weighted by atomic mass is 9.94. The summed E-state index contributed by atoms with van der Waals surface area (Å²) in [5.41, 5.74) is 5.87. The Hall–Kier alpha value is -0.610. The summed E-state index contributed by atoms with van der Waals surface area (Å²) in [7, 11) is 2.22. The third kappa shape index (κ3) is 4.74. The first-order valence-electron chi connectivity index (χ1n) is 8.40. The SMILES string of the molecule is CN(CCCC(=O)N1CCC(N)CC1)C1CCCCC1. The number of carbonyl (C=O) groups excluding carboxylic acids is 1. The van der Waals surface area contributed by atoms with Gasteiger partial charge in [0.05, 0.1) is 0 Å². The number of amides is 1. The molecule has 0 bridgehead atoms. The highest BCUT2D eigenvalue weighted by Gasteiger charge is 2.21. The standard InChI is InChI=1S/C16H31N3O/c1-18(15-6-3-2-4-7-15)11-5-8-16(20)19-12-9-14(17)10-13-19/h14-15H,2-13,17H2,1H3. The Morgan fingerprint density at radius 1 is 1.15 bits per heavy atom. The van der Waals surface area contributed by atoms with Crippen molar-refractivity contribution >= 4 is 5.91 Å². The molecule has 2 aliphatic rings. The third-order valence-corrected chi connectivity index (χ3v) is 4.99. The molecule has 4 heteroatoms. The maximum atomic E-state index is 12.1. The molecule has 0 aromatic carbocycles. The molecule has 2 N–H and O–H groups in total. The summed E-state index contributed by atoms with van der Waals surface area (Å²) in [6.07, 6.45) is 10.5. The summed E-state index contributed by atoms with van der Waals surface area (Å²) in [6, 6.07) is 1.06. The highest BCUT2D eigenvalue weighted by molar-refractivity contribution is 5.76. The largest absolute Gasteiger partial charge is 0.343 e. The molecule has 1 aliphatic carbocycles. The second kappa shape index (κ2) is 7.99. The minimum Gasteiger partial charge on any atom is -0.343 e. The van der Waals surface area contributed by atoms with Crippen LogP contribution in [-0.2, 0) is 4.79 Å². The van der Waals surface area contributed by atoms with Crippen LogP contribution < -0.4 is 5.73 Å². The fourth-order valence-corrected chi connectivity index (χ4v) is 3.49. The molecule has 2 rings (SSSR count). The Morgan fingerprint density at radius 2 is 1.80 bits per heavy atom. The van der Waals surface area contributed by atoms with Gasteiger partial charge in [0.15, 0.2) is 0 Å². The van der Waals surface area contributed by atoms with Crippen LogP contribution in [0.4, 0.5) is 0 Å². The molecule has 1 saturated heterocycles. The van der Waals surface area contributed by atoms with Crippen molar-refractivity contribution < 1.29 is 4.79 Å². The summed E-state index contributed by atoms with van der Waals surface area (Å²) >= 11 is 0. The Labute approximate surface area is 123 Å². The molecule has 0 radical (unpaired) electrons. The molecular formula is C16H31N3O. The van der Waals surface area contributed by atoms with E-state index < -0.39 is 0 Å². The lowest BCUT2D eigenvalue weighted by Gasteiger charge is -2.32. The molecule has 1 amide bonds. The van der Waals surface area contributed by atoms with Crippen LogP contribution in [0.1, 0.15) is 57.8 Å². The number of hydrogen-bond acceptors (Lipinski definition) is 3. The molecule has 4 nitrogen and oxygen atoms in total. The number of piperidine rings is 1. The average Bonchev–Trinajstić information content (AvgIpc) is 2.48. The lowest BCUT2D eigenvalue weighted by Crippen LogP contribution is -2.43. The van der Waals surface area contributed by atoms with Crippen molar-refractivity contribution in [2.45, 2.75) is 69.9 Å². The van der Waals surface area contributed by atoms with E-state index in [2.05, 4.69) is 11.9 Å². The summed E-state index contributed by atoms with van der Waals surface area (Å²) in [5.74, 6) is 0.328. The highest BCUT2D eigenvalue weighted by atomic mass is 16.2. The molecule has 1 aliphatic heterocycles. The van der Waals surface area contributed by atoms with Crippen molar-refractivity contribution in [1.29, 1.82) is 0 Å². The summed E-state index contributed by atoms with van der Waals surface area (Å²) in [6.45, 7) is 2.78. The van der Waals surface area contributed by atoms with Crippen LogP contribution in [-0.4, -0.2) is 54.5 Å². The second-order valence-corrected chi connectivity index (χ2v) is 6.59. The summed E-state index contributed by atoms with van der Waals surface area (Å²) in [5, 5.41) is 0. The minimum atomic E-state index is 0.302. The zero-order valence-corrected chi connectivity index (χ0v) is 13.0. The first-order chi connectivity index (χ1) is 9.66. The monoisotopic (exact) mass is 281 g/mol. The molecule has 0 spiro atoms. The van der Waals surface area contributed by atoms with Gasteiger partial charge in [0.1, 0.15) is 0 Å². The van der Waals surface area contributed by atoms with Crippen LogP contribution in [0.2, 0.25) is 0 Å². The first-order valence-corrected chi connectivity index (χ1v) is 8.40. The summed E-state index contributed by atoms with van der Waals surface area (Å²) < 4.78 is 0. The van der Waals surface area contributed by atoms with E-state index in [0.29, 0.717) is 18.4 Å². The molecule has 20 heavy (non-hydrogen) atoms. The van der Waals surface area contributed by atoms with E-state index in [1.54, 1.807) is 0 Å². The quantitative estimate of drug-likeness (QED) is 0.838. The molecule has 1 heterocycles. The Morgan fingerprint density at radius 3 is 2.45 bits per heavy atom. The number of carbonyl (C=O) groups is 1. The molecule has 116 valence electrons. The predicted molar refractivity (Wildman–Crippen MR) is 82.5 cm³/mol. The smallest absolute Gasteiger partial charge is 0.222 e. The van der Waals surface area contributed by atoms with Crippen molar-refractivity contribution in [3.63, 3.8) is 0 Å². The van der Waals surface area contributed by atoms with E-state index in [1.165, 1.54) is 32.1 Å². The van der Waals surface area contributed by atoms with Crippen LogP contribution >= 0.6 is 0 Å². The van der Waals surface area contributed by atoms with E-state index in [9.17, 15) is 4.79 Å².